The van der Waals surface area contributed by atoms with Gasteiger partial charge >= 0.3 is 6.01 Å². The summed E-state index contributed by atoms with van der Waals surface area (Å²) in [5, 5.41) is 10.6. The molecule has 1 amide bonds. The highest BCUT2D eigenvalue weighted by Crippen LogP contribution is 2.39. The monoisotopic (exact) mass is 425 g/mol. The van der Waals surface area contributed by atoms with Crippen LogP contribution in [0.15, 0.2) is 34.7 Å². The van der Waals surface area contributed by atoms with E-state index in [0.717, 1.165) is 11.1 Å². The van der Waals surface area contributed by atoms with Crippen LogP contribution in [0.5, 0.6) is 17.2 Å². The van der Waals surface area contributed by atoms with Gasteiger partial charge in [-0.2, -0.15) is 0 Å². The first-order valence-corrected chi connectivity index (χ1v) is 10.3. The number of anilines is 1. The molecule has 1 N–H and O–H groups in total. The van der Waals surface area contributed by atoms with Gasteiger partial charge in [-0.3, -0.25) is 10.1 Å². The Bertz CT molecular complexity index is 1030. The number of amides is 1. The van der Waals surface area contributed by atoms with Gasteiger partial charge in [-0.25, -0.2) is 0 Å². The highest BCUT2D eigenvalue weighted by molar-refractivity contribution is 6.04. The smallest absolute Gasteiger partial charge is 0.322 e. The lowest BCUT2D eigenvalue weighted by molar-refractivity contribution is 0.102. The van der Waals surface area contributed by atoms with Crippen LogP contribution in [0.3, 0.4) is 0 Å². The van der Waals surface area contributed by atoms with Crippen molar-refractivity contribution in [2.45, 2.75) is 34.6 Å². The molecule has 0 aliphatic carbocycles. The van der Waals surface area contributed by atoms with E-state index >= 15 is 0 Å². The second-order valence-corrected chi connectivity index (χ2v) is 6.77. The second-order valence-electron chi connectivity index (χ2n) is 6.77. The summed E-state index contributed by atoms with van der Waals surface area (Å²) in [7, 11) is 0. The summed E-state index contributed by atoms with van der Waals surface area (Å²) >= 11 is 0. The van der Waals surface area contributed by atoms with Gasteiger partial charge < -0.3 is 18.6 Å². The van der Waals surface area contributed by atoms with Gasteiger partial charge in [0.15, 0.2) is 11.5 Å². The number of nitrogens with one attached hydrogen (secondary N) is 1. The number of carbonyl (C=O) groups is 1. The van der Waals surface area contributed by atoms with Crippen LogP contribution >= 0.6 is 0 Å². The molecule has 31 heavy (non-hydrogen) atoms. The Hall–Kier alpha value is -3.55. The minimum Gasteiger partial charge on any atom is -0.490 e. The molecule has 0 spiro atoms. The second kappa shape index (κ2) is 9.97. The Morgan fingerprint density at radius 2 is 1.55 bits per heavy atom. The predicted molar refractivity (Wildman–Crippen MR) is 117 cm³/mol. The zero-order valence-corrected chi connectivity index (χ0v) is 18.4. The van der Waals surface area contributed by atoms with Gasteiger partial charge in [0.25, 0.3) is 5.91 Å². The molecule has 164 valence electrons. The topological polar surface area (TPSA) is 95.7 Å². The molecule has 3 aromatic rings. The van der Waals surface area contributed by atoms with Crippen molar-refractivity contribution >= 4 is 11.9 Å². The summed E-state index contributed by atoms with van der Waals surface area (Å²) in [4.78, 5) is 12.8. The lowest BCUT2D eigenvalue weighted by Crippen LogP contribution is -2.13. The number of aryl methyl sites for hydroxylation is 2. The van der Waals surface area contributed by atoms with E-state index in [0.29, 0.717) is 48.5 Å². The van der Waals surface area contributed by atoms with Crippen LogP contribution in [0.25, 0.3) is 11.5 Å². The molecule has 0 fully saturated rings. The van der Waals surface area contributed by atoms with Crippen molar-refractivity contribution in [3.8, 4) is 28.7 Å². The van der Waals surface area contributed by atoms with E-state index in [4.69, 9.17) is 18.6 Å². The summed E-state index contributed by atoms with van der Waals surface area (Å²) in [5.74, 6) is 1.23. The van der Waals surface area contributed by atoms with Crippen LogP contribution in [-0.2, 0) is 0 Å². The fourth-order valence-electron chi connectivity index (χ4n) is 2.95. The molecule has 0 aliphatic rings. The molecule has 3 rings (SSSR count). The largest absolute Gasteiger partial charge is 0.490 e. The van der Waals surface area contributed by atoms with E-state index in [1.807, 2.05) is 52.8 Å². The van der Waals surface area contributed by atoms with Crippen LogP contribution in [-0.4, -0.2) is 35.9 Å². The standard InChI is InChI=1S/C23H27N3O5/c1-6-28-18-12-17(13-19(29-7-2)20(18)30-8-3)21(27)24-23-26-25-22(31-23)16-10-9-14(4)15(5)11-16/h9-13H,6-8H2,1-5H3,(H,24,26,27). The number of hydrogen-bond donors (Lipinski definition) is 1. The van der Waals surface area contributed by atoms with Crippen LogP contribution < -0.4 is 19.5 Å². The molecule has 8 heteroatoms. The molecule has 0 saturated heterocycles. The number of aromatic nitrogens is 2. The van der Waals surface area contributed by atoms with Crippen LogP contribution in [0.1, 0.15) is 42.3 Å². The summed E-state index contributed by atoms with van der Waals surface area (Å²) in [6.45, 7) is 10.9. The minimum absolute atomic E-state index is 0.00281. The Morgan fingerprint density at radius 3 is 2.13 bits per heavy atom. The normalized spacial score (nSPS) is 10.6. The van der Waals surface area contributed by atoms with Crippen molar-refractivity contribution in [1.82, 2.24) is 10.2 Å². The van der Waals surface area contributed by atoms with Crippen molar-refractivity contribution < 1.29 is 23.4 Å². The number of ether oxygens (including phenoxy) is 3. The molecule has 0 atom stereocenters. The fraction of sp³-hybridized carbons (Fsp3) is 0.348. The Morgan fingerprint density at radius 1 is 0.903 bits per heavy atom. The zero-order chi connectivity index (χ0) is 22.4. The van der Waals surface area contributed by atoms with E-state index in [-0.39, 0.29) is 6.01 Å². The highest BCUT2D eigenvalue weighted by Gasteiger charge is 2.20. The Labute approximate surface area is 181 Å². The van der Waals surface area contributed by atoms with Crippen molar-refractivity contribution in [2.24, 2.45) is 0 Å². The van der Waals surface area contributed by atoms with Crippen LogP contribution in [0, 0.1) is 13.8 Å². The van der Waals surface area contributed by atoms with E-state index in [2.05, 4.69) is 15.5 Å². The third-order valence-corrected chi connectivity index (χ3v) is 4.57. The number of benzene rings is 2. The van der Waals surface area contributed by atoms with E-state index in [9.17, 15) is 4.79 Å². The molecule has 0 radical (unpaired) electrons. The fourth-order valence-corrected chi connectivity index (χ4v) is 2.95. The lowest BCUT2D eigenvalue weighted by atomic mass is 10.1. The van der Waals surface area contributed by atoms with E-state index in [1.54, 1.807) is 12.1 Å². The van der Waals surface area contributed by atoms with Gasteiger partial charge in [0, 0.05) is 11.1 Å². The summed E-state index contributed by atoms with van der Waals surface area (Å²) in [6, 6.07) is 9.06. The SMILES string of the molecule is CCOc1cc(C(=O)Nc2nnc(-c3ccc(C)c(C)c3)o2)cc(OCC)c1OCC. The highest BCUT2D eigenvalue weighted by atomic mass is 16.5. The molecule has 0 bridgehead atoms. The molecular formula is C23H27N3O5. The van der Waals surface area contributed by atoms with Crippen molar-refractivity contribution in [3.63, 3.8) is 0 Å². The third-order valence-electron chi connectivity index (χ3n) is 4.57. The van der Waals surface area contributed by atoms with Gasteiger partial charge in [0.1, 0.15) is 0 Å². The van der Waals surface area contributed by atoms with Crippen LogP contribution in [0.4, 0.5) is 6.01 Å². The van der Waals surface area contributed by atoms with Gasteiger partial charge in [-0.1, -0.05) is 11.2 Å². The average Bonchev–Trinajstić information content (AvgIpc) is 3.21. The average molecular weight is 425 g/mol. The van der Waals surface area contributed by atoms with E-state index < -0.39 is 5.91 Å². The van der Waals surface area contributed by atoms with E-state index in [1.165, 1.54) is 5.56 Å². The Balaban J connectivity index is 1.86. The maximum Gasteiger partial charge on any atom is 0.322 e. The predicted octanol–water partition coefficient (Wildman–Crippen LogP) is 4.80. The van der Waals surface area contributed by atoms with Gasteiger partial charge in [0.2, 0.25) is 11.6 Å². The molecule has 0 unspecified atom stereocenters. The summed E-state index contributed by atoms with van der Waals surface area (Å²) in [6.07, 6.45) is 0. The summed E-state index contributed by atoms with van der Waals surface area (Å²) < 4.78 is 22.6. The van der Waals surface area contributed by atoms with Crippen LogP contribution in [0.2, 0.25) is 0 Å². The summed E-state index contributed by atoms with van der Waals surface area (Å²) in [5.41, 5.74) is 3.39. The quantitative estimate of drug-likeness (QED) is 0.526. The maximum absolute atomic E-state index is 12.8. The number of carbonyl (C=O) groups excluding carboxylic acids is 1. The van der Waals surface area contributed by atoms with Crippen molar-refractivity contribution in [2.75, 3.05) is 25.1 Å². The molecule has 0 saturated carbocycles. The minimum atomic E-state index is -0.430. The van der Waals surface area contributed by atoms with Crippen molar-refractivity contribution in [1.29, 1.82) is 0 Å². The number of rotatable bonds is 9. The van der Waals surface area contributed by atoms with Gasteiger partial charge in [-0.05, 0) is 70.0 Å². The van der Waals surface area contributed by atoms with Crippen molar-refractivity contribution in [3.05, 3.63) is 47.0 Å². The van der Waals surface area contributed by atoms with Gasteiger partial charge in [0.05, 0.1) is 19.8 Å². The Kier molecular flexibility index (Phi) is 7.12. The zero-order valence-electron chi connectivity index (χ0n) is 18.4. The number of nitrogens with zero attached hydrogens (tertiary/aromatic N) is 2. The molecule has 0 aliphatic heterocycles. The van der Waals surface area contributed by atoms with Gasteiger partial charge in [-0.15, -0.1) is 5.10 Å². The molecule has 2 aromatic carbocycles. The first-order valence-electron chi connectivity index (χ1n) is 10.3. The first-order chi connectivity index (χ1) is 15.0. The molecule has 1 aromatic heterocycles. The number of hydrogen-bond acceptors (Lipinski definition) is 7. The maximum atomic E-state index is 12.8. The molecule has 1 heterocycles. The lowest BCUT2D eigenvalue weighted by Gasteiger charge is -2.16. The first kappa shape index (κ1) is 22.1. The molecular weight excluding hydrogens is 398 g/mol. The third kappa shape index (κ3) is 5.14. The molecule has 8 nitrogen and oxygen atoms in total.